The third-order valence-corrected chi connectivity index (χ3v) is 5.56. The molecule has 28 heavy (non-hydrogen) atoms. The number of aryl methyl sites for hydroxylation is 2. The minimum absolute atomic E-state index is 0.100. The molecule has 2 aromatic heterocycles. The highest BCUT2D eigenvalue weighted by Crippen LogP contribution is 2.38. The smallest absolute Gasteiger partial charge is 0.213 e. The number of rotatable bonds is 3. The number of benzene rings is 2. The van der Waals surface area contributed by atoms with E-state index in [0.717, 1.165) is 34.5 Å². The molecule has 0 unspecified atom stereocenters. The van der Waals surface area contributed by atoms with Crippen molar-refractivity contribution in [2.45, 2.75) is 33.6 Å². The third-order valence-electron chi connectivity index (χ3n) is 5.56. The van der Waals surface area contributed by atoms with E-state index in [2.05, 4.69) is 46.4 Å². The number of hydrogen-bond acceptors (Lipinski definition) is 1. The second kappa shape index (κ2) is 6.30. The van der Waals surface area contributed by atoms with Crippen LogP contribution in [0.2, 0.25) is 0 Å². The predicted molar refractivity (Wildman–Crippen MR) is 114 cm³/mol. The molecular weight excluding hydrogens is 342 g/mol. The first-order chi connectivity index (χ1) is 14.3. The Labute approximate surface area is 169 Å². The summed E-state index contributed by atoms with van der Waals surface area (Å²) in [4.78, 5) is 4.87. The molecule has 4 aromatic rings. The quantitative estimate of drug-likeness (QED) is 0.413. The third kappa shape index (κ3) is 2.57. The molecule has 0 N–H and O–H groups in total. The van der Waals surface area contributed by atoms with Crippen molar-refractivity contribution in [1.82, 2.24) is 9.55 Å². The fraction of sp³-hybridized carbons (Fsp3) is 0.280. The van der Waals surface area contributed by atoms with E-state index >= 15 is 0 Å². The van der Waals surface area contributed by atoms with Crippen LogP contribution in [0.3, 0.4) is 0 Å². The van der Waals surface area contributed by atoms with Crippen LogP contribution in [0.5, 0.6) is 0 Å². The van der Waals surface area contributed by atoms with E-state index in [1.165, 1.54) is 22.4 Å². The average Bonchev–Trinajstić information content (AvgIpc) is 3.24. The second-order valence-corrected chi connectivity index (χ2v) is 7.99. The summed E-state index contributed by atoms with van der Waals surface area (Å²) in [5.74, 6) is 0.964. The van der Waals surface area contributed by atoms with Crippen molar-refractivity contribution in [3.05, 3.63) is 77.2 Å². The van der Waals surface area contributed by atoms with Gasteiger partial charge in [-0.3, -0.25) is 4.57 Å². The monoisotopic (exact) mass is 370 g/mol. The average molecular weight is 371 g/mol. The van der Waals surface area contributed by atoms with Crippen LogP contribution in [0, 0.1) is 12.8 Å². The van der Waals surface area contributed by atoms with Crippen LogP contribution in [-0.2, 0) is 19.8 Å². The molecular formula is C25H26N3+. The molecule has 140 valence electrons. The first kappa shape index (κ1) is 15.0. The van der Waals surface area contributed by atoms with E-state index in [-0.39, 0.29) is 5.92 Å². The Morgan fingerprint density at radius 1 is 1.18 bits per heavy atom. The van der Waals surface area contributed by atoms with Gasteiger partial charge in [-0.1, -0.05) is 32.0 Å². The van der Waals surface area contributed by atoms with Gasteiger partial charge >= 0.3 is 0 Å². The molecule has 3 heterocycles. The van der Waals surface area contributed by atoms with Gasteiger partial charge in [0, 0.05) is 21.3 Å². The molecule has 3 heteroatoms. The fourth-order valence-corrected chi connectivity index (χ4v) is 4.36. The lowest BCUT2D eigenvalue weighted by molar-refractivity contribution is -0.660. The maximum atomic E-state index is 8.57. The number of para-hydroxylation sites is 2. The molecule has 1 aliphatic rings. The Morgan fingerprint density at radius 3 is 2.82 bits per heavy atom. The summed E-state index contributed by atoms with van der Waals surface area (Å²) in [6.45, 7) is 6.00. The van der Waals surface area contributed by atoms with Crippen LogP contribution in [0.15, 0.2) is 54.7 Å². The van der Waals surface area contributed by atoms with Crippen LogP contribution in [0.4, 0.5) is 0 Å². The molecule has 2 aromatic carbocycles. The zero-order chi connectivity index (χ0) is 21.2. The molecule has 0 radical (unpaired) electrons. The second-order valence-electron chi connectivity index (χ2n) is 7.99. The Hall–Kier alpha value is -2.94. The first-order valence-corrected chi connectivity index (χ1v) is 9.88. The zero-order valence-electron chi connectivity index (χ0n) is 18.8. The van der Waals surface area contributed by atoms with Gasteiger partial charge in [0.1, 0.15) is 12.9 Å². The van der Waals surface area contributed by atoms with Gasteiger partial charge < -0.3 is 0 Å². The van der Waals surface area contributed by atoms with Crippen LogP contribution in [0.1, 0.15) is 39.1 Å². The summed E-state index contributed by atoms with van der Waals surface area (Å²) in [7, 11) is 2.03. The van der Waals surface area contributed by atoms with Crippen molar-refractivity contribution in [2.24, 2.45) is 13.0 Å². The number of aromatic nitrogens is 3. The molecule has 0 atom stereocenters. The number of nitrogens with zero attached hydrogens (tertiary/aromatic N) is 3. The minimum Gasteiger partial charge on any atom is -0.296 e. The van der Waals surface area contributed by atoms with E-state index in [1.54, 1.807) is 0 Å². The molecule has 1 aliphatic heterocycles. The summed E-state index contributed by atoms with van der Waals surface area (Å²) in [6.07, 6.45) is 1.38. The number of fused-ring (bicyclic) bond motifs is 5. The van der Waals surface area contributed by atoms with E-state index < -0.39 is 6.37 Å². The van der Waals surface area contributed by atoms with Crippen LogP contribution < -0.4 is 4.57 Å². The van der Waals surface area contributed by atoms with Crippen LogP contribution in [-0.4, -0.2) is 9.55 Å². The molecule has 0 amide bonds. The lowest BCUT2D eigenvalue weighted by Gasteiger charge is -2.13. The summed E-state index contributed by atoms with van der Waals surface area (Å²) in [5, 5.41) is 0. The maximum Gasteiger partial charge on any atom is 0.213 e. The van der Waals surface area contributed by atoms with Gasteiger partial charge in [0.05, 0.1) is 22.3 Å². The standard InChI is InChI=1S/C25H26N3/c1-16(2)13-18-11-12-27(4)23(14-18)25-17(3)9-10-21-19(25)15-24-26-20-7-5-6-8-22(20)28(21)24/h5-12,14,16H,13,15H2,1-4H3/q+1/i13D2. The fourth-order valence-electron chi connectivity index (χ4n) is 4.36. The van der Waals surface area contributed by atoms with E-state index in [4.69, 9.17) is 7.73 Å². The van der Waals surface area contributed by atoms with Crippen molar-refractivity contribution in [3.63, 3.8) is 0 Å². The minimum atomic E-state index is -1.38. The molecule has 0 bridgehead atoms. The molecule has 0 fully saturated rings. The molecule has 0 spiro atoms. The van der Waals surface area contributed by atoms with Gasteiger partial charge in [-0.15, -0.1) is 0 Å². The summed E-state index contributed by atoms with van der Waals surface area (Å²) < 4.78 is 21.5. The highest BCUT2D eigenvalue weighted by atomic mass is 15.1. The van der Waals surface area contributed by atoms with Crippen molar-refractivity contribution in [3.8, 4) is 16.9 Å². The van der Waals surface area contributed by atoms with E-state index in [0.29, 0.717) is 0 Å². The molecule has 0 saturated carbocycles. The van der Waals surface area contributed by atoms with Crippen LogP contribution in [0.25, 0.3) is 28.0 Å². The lowest BCUT2D eigenvalue weighted by Crippen LogP contribution is -2.31. The Morgan fingerprint density at radius 2 is 2.00 bits per heavy atom. The van der Waals surface area contributed by atoms with Gasteiger partial charge in [0.2, 0.25) is 5.69 Å². The van der Waals surface area contributed by atoms with E-state index in [1.807, 2.05) is 45.3 Å². The molecule has 5 rings (SSSR count). The first-order valence-electron chi connectivity index (χ1n) is 10.9. The Bertz CT molecular complexity index is 1300. The highest BCUT2D eigenvalue weighted by Gasteiger charge is 2.28. The Kier molecular flexibility index (Phi) is 3.38. The van der Waals surface area contributed by atoms with Gasteiger partial charge in [0.25, 0.3) is 0 Å². The topological polar surface area (TPSA) is 21.7 Å². The van der Waals surface area contributed by atoms with Crippen molar-refractivity contribution < 1.29 is 7.31 Å². The van der Waals surface area contributed by atoms with E-state index in [9.17, 15) is 0 Å². The van der Waals surface area contributed by atoms with Gasteiger partial charge in [-0.25, -0.2) is 9.55 Å². The number of hydrogen-bond donors (Lipinski definition) is 0. The predicted octanol–water partition coefficient (Wildman–Crippen LogP) is 4.93. The van der Waals surface area contributed by atoms with Crippen molar-refractivity contribution in [2.75, 3.05) is 0 Å². The SMILES string of the molecule is [2H]C([2H])(c1cc[n+](C)c(-c2c(C)ccc3c2Cc2nc4ccccc4n2-3)c1)C(C)C. The summed E-state index contributed by atoms with van der Waals surface area (Å²) in [5.41, 5.74) is 8.75. The number of imidazole rings is 1. The molecule has 0 saturated heterocycles. The zero-order valence-corrected chi connectivity index (χ0v) is 16.8. The summed E-state index contributed by atoms with van der Waals surface area (Å²) >= 11 is 0. The Balaban J connectivity index is 1.74. The van der Waals surface area contributed by atoms with Crippen molar-refractivity contribution in [1.29, 1.82) is 0 Å². The highest BCUT2D eigenvalue weighted by molar-refractivity contribution is 5.82. The summed E-state index contributed by atoms with van der Waals surface area (Å²) in [6, 6.07) is 16.6. The van der Waals surface area contributed by atoms with Crippen LogP contribution >= 0.6 is 0 Å². The largest absolute Gasteiger partial charge is 0.296 e. The normalized spacial score (nSPS) is 14.2. The van der Waals surface area contributed by atoms with Gasteiger partial charge in [-0.2, -0.15) is 0 Å². The van der Waals surface area contributed by atoms with Gasteiger partial charge in [0.15, 0.2) is 6.20 Å². The lowest BCUT2D eigenvalue weighted by atomic mass is 9.94. The molecule has 0 aliphatic carbocycles. The van der Waals surface area contributed by atoms with Crippen molar-refractivity contribution >= 4 is 11.0 Å². The number of pyridine rings is 1. The maximum absolute atomic E-state index is 8.57. The van der Waals surface area contributed by atoms with Gasteiger partial charge in [-0.05, 0) is 54.1 Å². The molecule has 3 nitrogen and oxygen atoms in total.